The highest BCUT2D eigenvalue weighted by Crippen LogP contribution is 2.43. The van der Waals surface area contributed by atoms with Gasteiger partial charge in [0.05, 0.1) is 35.5 Å². The Morgan fingerprint density at radius 1 is 0.481 bits per heavy atom. The fourth-order valence-electron chi connectivity index (χ4n) is 8.49. The van der Waals surface area contributed by atoms with Crippen molar-refractivity contribution in [1.82, 2.24) is 19.5 Å². The maximum atomic E-state index is 6.84. The van der Waals surface area contributed by atoms with Crippen LogP contribution in [0.3, 0.4) is 0 Å². The highest BCUT2D eigenvalue weighted by atomic mass is 16.5. The van der Waals surface area contributed by atoms with Crippen LogP contribution < -0.4 is 9.47 Å². The number of para-hydroxylation sites is 2. The lowest BCUT2D eigenvalue weighted by molar-refractivity contribution is 0.356. The number of nitrogens with zero attached hydrogens (tertiary/aromatic N) is 4. The normalized spacial score (nSPS) is 13.6. The van der Waals surface area contributed by atoms with Crippen LogP contribution in [0.4, 0.5) is 0 Å². The van der Waals surface area contributed by atoms with Crippen molar-refractivity contribution in [1.29, 1.82) is 0 Å². The number of furan rings is 1. The lowest BCUT2D eigenvalue weighted by Crippen LogP contribution is -2.04. The first kappa shape index (κ1) is 29.6. The predicted molar refractivity (Wildman–Crippen MR) is 214 cm³/mol. The monoisotopic (exact) mass is 698 g/mol. The van der Waals surface area contributed by atoms with Crippen molar-refractivity contribution in [2.45, 2.75) is 12.8 Å². The zero-order chi connectivity index (χ0) is 35.3. The molecule has 256 valence electrons. The van der Waals surface area contributed by atoms with E-state index in [1.54, 1.807) is 0 Å². The SMILES string of the molecule is c1ccc2cc3c(cc2c1)c1ccccc1n3-c1ccc2c(oc3ccccc32)c1-c1nc(-c2ccc3c(c2)CCO3)nc(-c2ccc3c(c2)CCO3)n1. The minimum absolute atomic E-state index is 0.537. The molecular weight excluding hydrogens is 669 g/mol. The fraction of sp³-hybridized carbons (Fsp3) is 0.0851. The van der Waals surface area contributed by atoms with Gasteiger partial charge in [-0.05, 0) is 94.7 Å². The third-order valence-electron chi connectivity index (χ3n) is 11.1. The molecule has 7 nitrogen and oxygen atoms in total. The van der Waals surface area contributed by atoms with Gasteiger partial charge in [-0.2, -0.15) is 0 Å². The summed E-state index contributed by atoms with van der Waals surface area (Å²) in [6, 6.07) is 46.8. The molecule has 0 radical (unpaired) electrons. The molecule has 10 aromatic rings. The van der Waals surface area contributed by atoms with Gasteiger partial charge in [0.15, 0.2) is 17.5 Å². The van der Waals surface area contributed by atoms with E-state index in [4.69, 9.17) is 28.8 Å². The molecule has 0 saturated heterocycles. The summed E-state index contributed by atoms with van der Waals surface area (Å²) < 4.78 is 20.9. The molecule has 3 aromatic heterocycles. The van der Waals surface area contributed by atoms with E-state index in [0.29, 0.717) is 30.7 Å². The molecule has 0 atom stereocenters. The second kappa shape index (κ2) is 11.3. The molecule has 54 heavy (non-hydrogen) atoms. The Kier molecular flexibility index (Phi) is 6.16. The van der Waals surface area contributed by atoms with Gasteiger partial charge in [0.1, 0.15) is 22.7 Å². The summed E-state index contributed by atoms with van der Waals surface area (Å²) in [6.07, 6.45) is 1.70. The molecule has 0 bridgehead atoms. The number of aromatic nitrogens is 4. The van der Waals surface area contributed by atoms with E-state index in [9.17, 15) is 0 Å². The second-order valence-electron chi connectivity index (χ2n) is 14.2. The van der Waals surface area contributed by atoms with E-state index < -0.39 is 0 Å². The minimum atomic E-state index is 0.537. The van der Waals surface area contributed by atoms with Crippen molar-refractivity contribution in [3.63, 3.8) is 0 Å². The highest BCUT2D eigenvalue weighted by molar-refractivity contribution is 6.16. The largest absolute Gasteiger partial charge is 0.493 e. The molecule has 0 fully saturated rings. The van der Waals surface area contributed by atoms with Crippen LogP contribution in [0.1, 0.15) is 11.1 Å². The van der Waals surface area contributed by atoms with Gasteiger partial charge < -0.3 is 18.5 Å². The van der Waals surface area contributed by atoms with Crippen LogP contribution in [0.5, 0.6) is 11.5 Å². The molecule has 12 rings (SSSR count). The van der Waals surface area contributed by atoms with Crippen LogP contribution in [0, 0.1) is 0 Å². The smallest absolute Gasteiger partial charge is 0.170 e. The summed E-state index contributed by atoms with van der Waals surface area (Å²) in [7, 11) is 0. The Balaban J connectivity index is 1.20. The quantitative estimate of drug-likeness (QED) is 0.182. The van der Waals surface area contributed by atoms with Crippen LogP contribution in [0.2, 0.25) is 0 Å². The molecule has 0 amide bonds. The summed E-state index contributed by atoms with van der Waals surface area (Å²) in [4.78, 5) is 15.8. The van der Waals surface area contributed by atoms with Gasteiger partial charge in [0.2, 0.25) is 0 Å². The minimum Gasteiger partial charge on any atom is -0.493 e. The van der Waals surface area contributed by atoms with Crippen molar-refractivity contribution in [3.05, 3.63) is 145 Å². The molecule has 2 aliphatic rings. The molecule has 0 saturated carbocycles. The van der Waals surface area contributed by atoms with Crippen molar-refractivity contribution < 1.29 is 13.9 Å². The number of fused-ring (bicyclic) bond motifs is 9. The van der Waals surface area contributed by atoms with E-state index in [1.165, 1.54) is 21.5 Å². The average Bonchev–Trinajstić information content (AvgIpc) is 4.03. The number of hydrogen-bond acceptors (Lipinski definition) is 6. The third-order valence-corrected chi connectivity index (χ3v) is 11.1. The van der Waals surface area contributed by atoms with Crippen LogP contribution in [0.15, 0.2) is 138 Å². The Hall–Kier alpha value is -6.99. The Morgan fingerprint density at radius 2 is 1.11 bits per heavy atom. The maximum absolute atomic E-state index is 6.84. The van der Waals surface area contributed by atoms with Crippen molar-refractivity contribution >= 4 is 54.5 Å². The lowest BCUT2D eigenvalue weighted by atomic mass is 10.0. The van der Waals surface area contributed by atoms with Gasteiger partial charge in [-0.25, -0.2) is 15.0 Å². The molecule has 0 aliphatic carbocycles. The third kappa shape index (κ3) is 4.38. The Morgan fingerprint density at radius 3 is 1.85 bits per heavy atom. The van der Waals surface area contributed by atoms with E-state index >= 15 is 0 Å². The molecule has 5 heterocycles. The number of ether oxygens (including phenoxy) is 2. The zero-order valence-electron chi connectivity index (χ0n) is 29.0. The van der Waals surface area contributed by atoms with Crippen molar-refractivity contribution in [2.75, 3.05) is 13.2 Å². The Bertz CT molecular complexity index is 3120. The first-order valence-electron chi connectivity index (χ1n) is 18.4. The number of hydrogen-bond donors (Lipinski definition) is 0. The number of benzene rings is 7. The van der Waals surface area contributed by atoms with E-state index in [-0.39, 0.29) is 0 Å². The molecule has 0 spiro atoms. The second-order valence-corrected chi connectivity index (χ2v) is 14.2. The van der Waals surface area contributed by atoms with Gasteiger partial charge in [-0.3, -0.25) is 0 Å². The van der Waals surface area contributed by atoms with Crippen LogP contribution in [-0.4, -0.2) is 32.7 Å². The summed E-state index contributed by atoms with van der Waals surface area (Å²) in [6.45, 7) is 1.35. The lowest BCUT2D eigenvalue weighted by Gasteiger charge is -2.15. The summed E-state index contributed by atoms with van der Waals surface area (Å²) in [5.74, 6) is 3.55. The van der Waals surface area contributed by atoms with Crippen molar-refractivity contribution in [3.8, 4) is 51.3 Å². The van der Waals surface area contributed by atoms with Gasteiger partial charge in [-0.1, -0.05) is 60.7 Å². The molecule has 2 aliphatic heterocycles. The van der Waals surface area contributed by atoms with Gasteiger partial charge in [0.25, 0.3) is 0 Å². The van der Waals surface area contributed by atoms with Gasteiger partial charge >= 0.3 is 0 Å². The van der Waals surface area contributed by atoms with E-state index in [0.717, 1.165) is 90.8 Å². The van der Waals surface area contributed by atoms with E-state index in [1.807, 2.05) is 36.4 Å². The molecule has 7 heteroatoms. The zero-order valence-corrected chi connectivity index (χ0v) is 29.0. The molecule has 7 aromatic carbocycles. The molecule has 0 N–H and O–H groups in total. The summed E-state index contributed by atoms with van der Waals surface area (Å²) in [5, 5.41) is 6.77. The number of rotatable bonds is 4. The van der Waals surface area contributed by atoms with Crippen LogP contribution in [-0.2, 0) is 12.8 Å². The topological polar surface area (TPSA) is 75.2 Å². The van der Waals surface area contributed by atoms with Gasteiger partial charge in [0, 0.05) is 45.5 Å². The standard InChI is InChI=1S/C47H30N4O3/c1-2-8-28-26-39-36(25-27(28)7-1)33-9-3-5-11-37(33)51(39)38-16-15-35-34-10-4-6-12-42(34)54-44(35)43(38)47-49-45(31-13-17-40-29(23-31)19-21-52-40)48-46(50-47)32-14-18-41-30(24-32)20-22-53-41/h1-18,23-26H,19-22H2. The molecular formula is C47H30N4O3. The van der Waals surface area contributed by atoms with Gasteiger partial charge in [-0.15, -0.1) is 0 Å². The summed E-state index contributed by atoms with van der Waals surface area (Å²) >= 11 is 0. The van der Waals surface area contributed by atoms with E-state index in [2.05, 4.69) is 102 Å². The first-order valence-corrected chi connectivity index (χ1v) is 18.4. The maximum Gasteiger partial charge on any atom is 0.170 e. The average molecular weight is 699 g/mol. The highest BCUT2D eigenvalue weighted by Gasteiger charge is 2.25. The molecule has 0 unspecified atom stereocenters. The van der Waals surface area contributed by atoms with Crippen LogP contribution in [0.25, 0.3) is 94.4 Å². The first-order chi connectivity index (χ1) is 26.7. The van der Waals surface area contributed by atoms with Crippen LogP contribution >= 0.6 is 0 Å². The summed E-state index contributed by atoms with van der Waals surface area (Å²) in [5.41, 5.74) is 9.59. The predicted octanol–water partition coefficient (Wildman–Crippen LogP) is 10.9. The fourth-order valence-corrected chi connectivity index (χ4v) is 8.49. The van der Waals surface area contributed by atoms with Crippen molar-refractivity contribution in [2.24, 2.45) is 0 Å². The Labute approximate surface area is 309 Å².